The number of anilines is 1. The van der Waals surface area contributed by atoms with Crippen LogP contribution in [0.3, 0.4) is 0 Å². The Balaban J connectivity index is 1.93. The fourth-order valence-electron chi connectivity index (χ4n) is 3.52. The lowest BCUT2D eigenvalue weighted by Crippen LogP contribution is -2.16. The summed E-state index contributed by atoms with van der Waals surface area (Å²) in [6.45, 7) is 6.33. The molecule has 2 aromatic carbocycles. The predicted molar refractivity (Wildman–Crippen MR) is 141 cm³/mol. The number of methoxy groups -OCH3 is 1. The maximum atomic E-state index is 13.0. The number of hydrogen-bond acceptors (Lipinski definition) is 7. The number of benzene rings is 2. The highest BCUT2D eigenvalue weighted by Gasteiger charge is 2.24. The lowest BCUT2D eigenvalue weighted by Gasteiger charge is -2.10. The number of nitriles is 1. The Kier molecular flexibility index (Phi) is 9.25. The highest BCUT2D eigenvalue weighted by Crippen LogP contribution is 2.37. The zero-order valence-electron chi connectivity index (χ0n) is 20.7. The van der Waals surface area contributed by atoms with Gasteiger partial charge in [0.25, 0.3) is 5.91 Å². The van der Waals surface area contributed by atoms with Gasteiger partial charge in [0.1, 0.15) is 22.2 Å². The van der Waals surface area contributed by atoms with Gasteiger partial charge in [-0.05, 0) is 55.2 Å². The standard InChI is InChI=1S/C28H28N2O5S/c1-5-18-8-11-20(12-9-18)22-17-36-27(25(22)28(32)35-7-3)30-26(31)21(16-29)14-19-10-13-23(34-6-2)24(15-19)33-4/h8-15,17H,5-7H2,1-4H3,(H,30,31)/b21-14+. The van der Waals surface area contributed by atoms with Crippen LogP contribution in [0.1, 0.15) is 42.3 Å². The summed E-state index contributed by atoms with van der Waals surface area (Å²) in [4.78, 5) is 25.9. The molecule has 1 N–H and O–H groups in total. The molecule has 7 nitrogen and oxygen atoms in total. The minimum Gasteiger partial charge on any atom is -0.493 e. The van der Waals surface area contributed by atoms with E-state index in [9.17, 15) is 14.9 Å². The lowest BCUT2D eigenvalue weighted by molar-refractivity contribution is -0.112. The molecule has 8 heteroatoms. The quantitative estimate of drug-likeness (QED) is 0.203. The summed E-state index contributed by atoms with van der Waals surface area (Å²) in [5.41, 5.74) is 3.41. The summed E-state index contributed by atoms with van der Waals surface area (Å²) >= 11 is 1.21. The number of ether oxygens (including phenoxy) is 3. The molecule has 186 valence electrons. The van der Waals surface area contributed by atoms with E-state index in [4.69, 9.17) is 14.2 Å². The van der Waals surface area contributed by atoms with Crippen LogP contribution in [0.15, 0.2) is 53.4 Å². The molecule has 0 unspecified atom stereocenters. The zero-order valence-corrected chi connectivity index (χ0v) is 21.5. The fraction of sp³-hybridized carbons (Fsp3) is 0.250. The van der Waals surface area contributed by atoms with Crippen molar-refractivity contribution in [2.45, 2.75) is 27.2 Å². The van der Waals surface area contributed by atoms with E-state index in [-0.39, 0.29) is 17.7 Å². The van der Waals surface area contributed by atoms with Crippen molar-refractivity contribution in [1.82, 2.24) is 0 Å². The van der Waals surface area contributed by atoms with Crippen LogP contribution in [0.25, 0.3) is 17.2 Å². The second kappa shape index (κ2) is 12.6. The molecule has 0 aliphatic rings. The Hall–Kier alpha value is -4.09. The first kappa shape index (κ1) is 26.5. The number of carbonyl (C=O) groups is 2. The summed E-state index contributed by atoms with van der Waals surface area (Å²) in [7, 11) is 1.52. The van der Waals surface area contributed by atoms with Crippen molar-refractivity contribution in [1.29, 1.82) is 5.26 Å². The molecule has 0 saturated carbocycles. The minimum absolute atomic E-state index is 0.127. The van der Waals surface area contributed by atoms with E-state index < -0.39 is 11.9 Å². The molecule has 0 fully saturated rings. The Morgan fingerprint density at radius 1 is 1.06 bits per heavy atom. The molecule has 0 aliphatic heterocycles. The first-order valence-corrected chi connectivity index (χ1v) is 12.4. The third-order valence-electron chi connectivity index (χ3n) is 5.33. The van der Waals surface area contributed by atoms with Gasteiger partial charge in [0, 0.05) is 10.9 Å². The molecule has 0 aliphatic carbocycles. The summed E-state index contributed by atoms with van der Waals surface area (Å²) in [6.07, 6.45) is 2.36. The number of esters is 1. The van der Waals surface area contributed by atoms with Crippen LogP contribution in [-0.4, -0.2) is 32.2 Å². The van der Waals surface area contributed by atoms with Crippen molar-refractivity contribution < 1.29 is 23.8 Å². The zero-order chi connectivity index (χ0) is 26.1. The molecule has 1 aromatic heterocycles. The van der Waals surface area contributed by atoms with Gasteiger partial charge < -0.3 is 19.5 Å². The van der Waals surface area contributed by atoms with E-state index in [1.165, 1.54) is 30.1 Å². The van der Waals surface area contributed by atoms with Gasteiger partial charge in [0.05, 0.1) is 20.3 Å². The topological polar surface area (TPSA) is 97.7 Å². The van der Waals surface area contributed by atoms with E-state index in [1.54, 1.807) is 30.5 Å². The van der Waals surface area contributed by atoms with Gasteiger partial charge in [-0.25, -0.2) is 4.79 Å². The maximum Gasteiger partial charge on any atom is 0.341 e. The van der Waals surface area contributed by atoms with Gasteiger partial charge in [0.15, 0.2) is 11.5 Å². The van der Waals surface area contributed by atoms with Crippen molar-refractivity contribution in [3.63, 3.8) is 0 Å². The van der Waals surface area contributed by atoms with Gasteiger partial charge in [-0.3, -0.25) is 4.79 Å². The number of thiophene rings is 1. The van der Waals surface area contributed by atoms with Gasteiger partial charge >= 0.3 is 5.97 Å². The smallest absolute Gasteiger partial charge is 0.341 e. The first-order chi connectivity index (χ1) is 17.4. The largest absolute Gasteiger partial charge is 0.493 e. The van der Waals surface area contributed by atoms with E-state index in [2.05, 4.69) is 12.2 Å². The molecule has 0 spiro atoms. The summed E-state index contributed by atoms with van der Waals surface area (Å²) in [5, 5.41) is 14.5. The number of amides is 1. The van der Waals surface area contributed by atoms with E-state index in [1.807, 2.05) is 37.3 Å². The third-order valence-corrected chi connectivity index (χ3v) is 6.23. The molecule has 0 radical (unpaired) electrons. The summed E-state index contributed by atoms with van der Waals surface area (Å²) in [5.74, 6) is -0.116. The normalized spacial score (nSPS) is 10.9. The number of carbonyl (C=O) groups excluding carboxylic acids is 2. The van der Waals surface area contributed by atoms with Crippen molar-refractivity contribution in [3.05, 3.63) is 70.1 Å². The molecule has 0 bridgehead atoms. The number of nitrogens with zero attached hydrogens (tertiary/aromatic N) is 1. The molecule has 3 rings (SSSR count). The number of nitrogens with one attached hydrogen (secondary N) is 1. The van der Waals surface area contributed by atoms with Gasteiger partial charge in [-0.15, -0.1) is 11.3 Å². The number of aryl methyl sites for hydroxylation is 1. The number of rotatable bonds is 10. The third kappa shape index (κ3) is 6.12. The molecule has 1 heterocycles. The van der Waals surface area contributed by atoms with E-state index in [0.717, 1.165) is 12.0 Å². The molecule has 0 saturated heterocycles. The van der Waals surface area contributed by atoms with Crippen LogP contribution in [0, 0.1) is 11.3 Å². The van der Waals surface area contributed by atoms with Crippen LogP contribution in [0.2, 0.25) is 0 Å². The van der Waals surface area contributed by atoms with Gasteiger partial charge in [0.2, 0.25) is 0 Å². The van der Waals surface area contributed by atoms with Crippen molar-refractivity contribution in [3.8, 4) is 28.7 Å². The molecule has 36 heavy (non-hydrogen) atoms. The van der Waals surface area contributed by atoms with Crippen LogP contribution < -0.4 is 14.8 Å². The minimum atomic E-state index is -0.634. The predicted octanol–water partition coefficient (Wildman–Crippen LogP) is 6.11. The van der Waals surface area contributed by atoms with Crippen LogP contribution in [0.5, 0.6) is 11.5 Å². The second-order valence-electron chi connectivity index (χ2n) is 7.59. The Morgan fingerprint density at radius 3 is 2.42 bits per heavy atom. The average molecular weight is 505 g/mol. The van der Waals surface area contributed by atoms with Gasteiger partial charge in [-0.1, -0.05) is 37.3 Å². The van der Waals surface area contributed by atoms with Crippen molar-refractivity contribution >= 4 is 34.3 Å². The van der Waals surface area contributed by atoms with Crippen LogP contribution in [0.4, 0.5) is 5.00 Å². The molecule has 0 atom stereocenters. The Morgan fingerprint density at radius 2 is 1.81 bits per heavy atom. The first-order valence-electron chi connectivity index (χ1n) is 11.6. The fourth-order valence-corrected chi connectivity index (χ4v) is 4.48. The maximum absolute atomic E-state index is 13.0. The average Bonchev–Trinajstić information content (AvgIpc) is 3.31. The highest BCUT2D eigenvalue weighted by molar-refractivity contribution is 7.15. The monoisotopic (exact) mass is 504 g/mol. The summed E-state index contributed by atoms with van der Waals surface area (Å²) < 4.78 is 16.1. The SMILES string of the molecule is CCOC(=O)c1c(-c2ccc(CC)cc2)csc1NC(=O)/C(C#N)=C/c1ccc(OCC)c(OC)c1. The Bertz CT molecular complexity index is 1300. The molecule has 3 aromatic rings. The molecular weight excluding hydrogens is 476 g/mol. The molecular formula is C28H28N2O5S. The van der Waals surface area contributed by atoms with Crippen LogP contribution >= 0.6 is 11.3 Å². The molecule has 1 amide bonds. The second-order valence-corrected chi connectivity index (χ2v) is 8.47. The lowest BCUT2D eigenvalue weighted by atomic mass is 10.0. The highest BCUT2D eigenvalue weighted by atomic mass is 32.1. The van der Waals surface area contributed by atoms with E-state index >= 15 is 0 Å². The van der Waals surface area contributed by atoms with Crippen LogP contribution in [-0.2, 0) is 16.0 Å². The summed E-state index contributed by atoms with van der Waals surface area (Å²) in [6, 6.07) is 14.9. The number of hydrogen-bond donors (Lipinski definition) is 1. The Labute approximate surface area is 214 Å². The van der Waals surface area contributed by atoms with Crippen molar-refractivity contribution in [2.75, 3.05) is 25.6 Å². The van der Waals surface area contributed by atoms with Gasteiger partial charge in [-0.2, -0.15) is 5.26 Å². The van der Waals surface area contributed by atoms with Crippen molar-refractivity contribution in [2.24, 2.45) is 0 Å². The van der Waals surface area contributed by atoms with E-state index in [0.29, 0.717) is 34.2 Å².